The zero-order valence-electron chi connectivity index (χ0n) is 25.7. The number of H-pyrrole nitrogens is 1. The second kappa shape index (κ2) is 12.3. The van der Waals surface area contributed by atoms with Crippen molar-refractivity contribution in [1.82, 2.24) is 14.8 Å². The minimum Gasteiger partial charge on any atom is -0.507 e. The van der Waals surface area contributed by atoms with Crippen LogP contribution in [0.25, 0.3) is 21.7 Å². The molecule has 3 aromatic carbocycles. The number of rotatable bonds is 6. The smallest absolute Gasteiger partial charge is 0.274 e. The van der Waals surface area contributed by atoms with E-state index in [1.165, 1.54) is 11.3 Å². The Morgan fingerprint density at radius 2 is 1.76 bits per heavy atom. The van der Waals surface area contributed by atoms with E-state index in [0.717, 1.165) is 40.5 Å². The first kappa shape index (κ1) is 30.7. The van der Waals surface area contributed by atoms with Gasteiger partial charge in [-0.25, -0.2) is 0 Å². The molecule has 7 rings (SSSR count). The fourth-order valence-corrected chi connectivity index (χ4v) is 6.90. The minimum absolute atomic E-state index is 0.0878. The van der Waals surface area contributed by atoms with Crippen LogP contribution in [0.5, 0.6) is 17.2 Å². The van der Waals surface area contributed by atoms with Crippen LogP contribution < -0.4 is 14.4 Å². The molecule has 1 spiro atoms. The second-order valence-electron chi connectivity index (χ2n) is 11.9. The molecule has 2 N–H and O–H groups in total. The third-order valence-electron chi connectivity index (χ3n) is 9.37. The van der Waals surface area contributed by atoms with E-state index < -0.39 is 5.41 Å². The van der Waals surface area contributed by atoms with Gasteiger partial charge in [0, 0.05) is 47.8 Å². The average molecular weight is 633 g/mol. The van der Waals surface area contributed by atoms with Crippen LogP contribution in [-0.4, -0.2) is 90.9 Å². The molecule has 0 aliphatic carbocycles. The van der Waals surface area contributed by atoms with E-state index in [9.17, 15) is 19.5 Å². The molecule has 0 unspecified atom stereocenters. The summed E-state index contributed by atoms with van der Waals surface area (Å²) < 4.78 is 11.6. The number of carbonyl (C=O) groups is 3. The van der Waals surface area contributed by atoms with Gasteiger partial charge < -0.3 is 29.4 Å². The molecule has 10 nitrogen and oxygen atoms in total. The van der Waals surface area contributed by atoms with Crippen molar-refractivity contribution in [2.75, 3.05) is 58.2 Å². The molecule has 11 heteroatoms. The highest BCUT2D eigenvalue weighted by molar-refractivity contribution is 6.15. The zero-order chi connectivity index (χ0) is 31.9. The lowest BCUT2D eigenvalue weighted by Crippen LogP contribution is -2.44. The SMILES string of the molecule is CCl.COc1cc2[nH]c(C(=O)N3CCc4c3cc(O)c3ccccc43)cc2cc1OCCN1C(=O)CC2(CCN(C)CC2)C1=O. The molecule has 0 radical (unpaired) electrons. The van der Waals surface area contributed by atoms with Gasteiger partial charge in [0.2, 0.25) is 11.8 Å². The molecule has 0 atom stereocenters. The second-order valence-corrected chi connectivity index (χ2v) is 11.9. The lowest BCUT2D eigenvalue weighted by atomic mass is 9.77. The number of aromatic hydroxyl groups is 1. The van der Waals surface area contributed by atoms with Gasteiger partial charge in [-0.05, 0) is 62.5 Å². The van der Waals surface area contributed by atoms with Crippen LogP contribution in [0.4, 0.5) is 5.69 Å². The molecule has 3 aliphatic rings. The molecule has 45 heavy (non-hydrogen) atoms. The lowest BCUT2D eigenvalue weighted by molar-refractivity contribution is -0.142. The number of likely N-dealkylation sites (tertiary alicyclic amines) is 2. The summed E-state index contributed by atoms with van der Waals surface area (Å²) in [7, 11) is 3.57. The van der Waals surface area contributed by atoms with E-state index in [4.69, 9.17) is 9.47 Å². The number of aromatic amines is 1. The standard InChI is InChI=1S/C33H34N4O6.CH3Cl/c1-35-11-8-33(9-12-35)19-30(39)37(32(33)41)13-14-43-29-16-20-15-25(34-24(20)17-28(29)42-2)31(40)36-10-7-22-21-5-3-4-6-23(21)27(38)18-26(22)36;1-2/h3-6,15-18,34,38H,7-14,19H2,1-2H3;1H3. The van der Waals surface area contributed by atoms with Gasteiger partial charge in [-0.1, -0.05) is 24.3 Å². The molecule has 2 saturated heterocycles. The maximum absolute atomic E-state index is 13.7. The summed E-state index contributed by atoms with van der Waals surface area (Å²) >= 11 is 4.64. The van der Waals surface area contributed by atoms with Gasteiger partial charge >= 0.3 is 0 Å². The Balaban J connectivity index is 0.00000175. The summed E-state index contributed by atoms with van der Waals surface area (Å²) in [5, 5.41) is 13.1. The predicted octanol–water partition coefficient (Wildman–Crippen LogP) is 4.94. The van der Waals surface area contributed by atoms with Gasteiger partial charge in [-0.3, -0.25) is 19.3 Å². The average Bonchev–Trinajstić information content (AvgIpc) is 3.74. The quantitative estimate of drug-likeness (QED) is 0.228. The van der Waals surface area contributed by atoms with E-state index >= 15 is 0 Å². The van der Waals surface area contributed by atoms with Crippen LogP contribution >= 0.6 is 11.6 Å². The number of aromatic nitrogens is 1. The largest absolute Gasteiger partial charge is 0.507 e. The van der Waals surface area contributed by atoms with E-state index in [1.54, 1.807) is 36.3 Å². The Kier molecular flexibility index (Phi) is 8.37. The highest BCUT2D eigenvalue weighted by atomic mass is 35.5. The Morgan fingerprint density at radius 1 is 1.02 bits per heavy atom. The van der Waals surface area contributed by atoms with Crippen LogP contribution in [0.1, 0.15) is 35.3 Å². The molecule has 0 bridgehead atoms. The number of imide groups is 1. The Bertz CT molecular complexity index is 1790. The number of benzene rings is 3. The van der Waals surface area contributed by atoms with Crippen molar-refractivity contribution in [3.63, 3.8) is 0 Å². The maximum atomic E-state index is 13.7. The first-order chi connectivity index (χ1) is 21.8. The zero-order valence-corrected chi connectivity index (χ0v) is 26.4. The van der Waals surface area contributed by atoms with Crippen molar-refractivity contribution in [2.24, 2.45) is 5.41 Å². The van der Waals surface area contributed by atoms with Crippen LogP contribution in [0.2, 0.25) is 0 Å². The number of nitrogens with one attached hydrogen (secondary N) is 1. The molecule has 3 aliphatic heterocycles. The van der Waals surface area contributed by atoms with Crippen molar-refractivity contribution in [3.05, 3.63) is 59.8 Å². The predicted molar refractivity (Wildman–Crippen MR) is 174 cm³/mol. The number of amides is 3. The van der Waals surface area contributed by atoms with Crippen molar-refractivity contribution in [1.29, 1.82) is 0 Å². The summed E-state index contributed by atoms with van der Waals surface area (Å²) in [5.74, 6) is 0.663. The molecular weight excluding hydrogens is 596 g/mol. The van der Waals surface area contributed by atoms with Gasteiger partial charge in [-0.2, -0.15) is 0 Å². The third-order valence-corrected chi connectivity index (χ3v) is 9.37. The van der Waals surface area contributed by atoms with E-state index in [1.807, 2.05) is 31.3 Å². The van der Waals surface area contributed by atoms with Crippen molar-refractivity contribution >= 4 is 56.7 Å². The van der Waals surface area contributed by atoms with Crippen molar-refractivity contribution < 1.29 is 29.0 Å². The molecule has 4 aromatic rings. The van der Waals surface area contributed by atoms with Crippen LogP contribution in [0, 0.1) is 5.41 Å². The first-order valence-corrected chi connectivity index (χ1v) is 15.8. The minimum atomic E-state index is -0.573. The fourth-order valence-electron chi connectivity index (χ4n) is 6.90. The number of alkyl halides is 1. The number of nitrogens with zero attached hydrogens (tertiary/aromatic N) is 3. The molecule has 3 amide bonds. The van der Waals surface area contributed by atoms with E-state index in [2.05, 4.69) is 21.5 Å². The van der Waals surface area contributed by atoms with E-state index in [0.29, 0.717) is 48.5 Å². The van der Waals surface area contributed by atoms with Gasteiger partial charge in [-0.15, -0.1) is 11.6 Å². The van der Waals surface area contributed by atoms with Crippen LogP contribution in [-0.2, 0) is 16.0 Å². The molecule has 236 valence electrons. The number of methoxy groups -OCH3 is 1. The molecule has 0 saturated carbocycles. The summed E-state index contributed by atoms with van der Waals surface area (Å²) in [4.78, 5) is 48.1. The van der Waals surface area contributed by atoms with Crippen LogP contribution in [0.15, 0.2) is 48.5 Å². The summed E-state index contributed by atoms with van der Waals surface area (Å²) in [5.41, 5.74) is 2.31. The summed E-state index contributed by atoms with van der Waals surface area (Å²) in [6.45, 7) is 2.44. The monoisotopic (exact) mass is 632 g/mol. The normalized spacial score (nSPS) is 17.6. The first-order valence-electron chi connectivity index (χ1n) is 15.1. The van der Waals surface area contributed by atoms with Crippen molar-refractivity contribution in [2.45, 2.75) is 25.7 Å². The number of hydrogen-bond donors (Lipinski definition) is 2. The van der Waals surface area contributed by atoms with Gasteiger partial charge in [0.25, 0.3) is 5.91 Å². The lowest BCUT2D eigenvalue weighted by Gasteiger charge is -2.35. The Morgan fingerprint density at radius 3 is 2.49 bits per heavy atom. The van der Waals surface area contributed by atoms with Crippen LogP contribution in [0.3, 0.4) is 0 Å². The van der Waals surface area contributed by atoms with E-state index in [-0.39, 0.29) is 43.0 Å². The number of piperidine rings is 1. The highest BCUT2D eigenvalue weighted by Crippen LogP contribution is 2.43. The highest BCUT2D eigenvalue weighted by Gasteiger charge is 2.52. The van der Waals surface area contributed by atoms with Gasteiger partial charge in [0.05, 0.1) is 24.8 Å². The Labute approximate surface area is 266 Å². The number of phenolic OH excluding ortho intramolecular Hbond substituents is 1. The number of halogens is 1. The number of anilines is 1. The number of phenols is 1. The molecule has 1 aromatic heterocycles. The summed E-state index contributed by atoms with van der Waals surface area (Å²) in [6.07, 6.45) is 3.84. The summed E-state index contributed by atoms with van der Waals surface area (Å²) in [6, 6.07) is 14.7. The van der Waals surface area contributed by atoms with Crippen molar-refractivity contribution in [3.8, 4) is 17.2 Å². The Hall–Kier alpha value is -4.28. The van der Waals surface area contributed by atoms with Gasteiger partial charge in [0.1, 0.15) is 18.1 Å². The number of carbonyl (C=O) groups excluding carboxylic acids is 3. The maximum Gasteiger partial charge on any atom is 0.274 e. The third kappa shape index (κ3) is 5.36. The number of hydrogen-bond acceptors (Lipinski definition) is 7. The molecule has 2 fully saturated rings. The van der Waals surface area contributed by atoms with Gasteiger partial charge in [0.15, 0.2) is 11.5 Å². The fraction of sp³-hybridized carbons (Fsp3) is 0.382. The molecule has 4 heterocycles. The topological polar surface area (TPSA) is 115 Å². The number of ether oxygens (including phenoxy) is 2. The number of fused-ring (bicyclic) bond motifs is 4. The molecular formula is C34H37ClN4O6.